The van der Waals surface area contributed by atoms with Crippen molar-refractivity contribution in [1.29, 1.82) is 0 Å². The van der Waals surface area contributed by atoms with Crippen LogP contribution in [0.1, 0.15) is 46.5 Å². The van der Waals surface area contributed by atoms with Crippen molar-refractivity contribution in [2.24, 2.45) is 4.99 Å². The van der Waals surface area contributed by atoms with E-state index < -0.39 is 0 Å². The molecule has 21 heavy (non-hydrogen) atoms. The van der Waals surface area contributed by atoms with Crippen molar-refractivity contribution in [3.8, 4) is 0 Å². The maximum atomic E-state index is 11.6. The van der Waals surface area contributed by atoms with Gasteiger partial charge in [-0.3, -0.25) is 9.79 Å². The minimum Gasteiger partial charge on any atom is -0.382 e. The number of carbonyl (C=O) groups excluding carboxylic acids is 1. The molecule has 0 radical (unpaired) electrons. The molecular weight excluding hydrogens is 268 g/mol. The maximum Gasteiger partial charge on any atom is 0.221 e. The summed E-state index contributed by atoms with van der Waals surface area (Å²) >= 11 is 0. The first kappa shape index (κ1) is 19.7. The third kappa shape index (κ3) is 12.2. The summed E-state index contributed by atoms with van der Waals surface area (Å²) < 4.78 is 5.28. The zero-order chi connectivity index (χ0) is 15.9. The summed E-state index contributed by atoms with van der Waals surface area (Å²) in [5, 5.41) is 9.30. The first-order valence-corrected chi connectivity index (χ1v) is 7.95. The third-order valence-electron chi connectivity index (χ3n) is 3.10. The summed E-state index contributed by atoms with van der Waals surface area (Å²) in [7, 11) is 1.73. The van der Waals surface area contributed by atoms with Gasteiger partial charge in [0.2, 0.25) is 5.91 Å². The fraction of sp³-hybridized carbons (Fsp3) is 0.867. The fourth-order valence-electron chi connectivity index (χ4n) is 1.64. The van der Waals surface area contributed by atoms with Crippen molar-refractivity contribution in [3.05, 3.63) is 0 Å². The quantitative estimate of drug-likeness (QED) is 0.305. The summed E-state index contributed by atoms with van der Waals surface area (Å²) in [6.45, 7) is 9.08. The first-order chi connectivity index (χ1) is 10.1. The van der Waals surface area contributed by atoms with Crippen molar-refractivity contribution in [1.82, 2.24) is 16.0 Å². The van der Waals surface area contributed by atoms with Crippen LogP contribution in [0.3, 0.4) is 0 Å². The molecule has 0 aromatic carbocycles. The van der Waals surface area contributed by atoms with Crippen molar-refractivity contribution >= 4 is 11.9 Å². The van der Waals surface area contributed by atoms with Gasteiger partial charge in [0.25, 0.3) is 0 Å². The van der Waals surface area contributed by atoms with E-state index in [0.29, 0.717) is 13.0 Å². The molecule has 0 saturated heterocycles. The van der Waals surface area contributed by atoms with Gasteiger partial charge in [-0.2, -0.15) is 0 Å². The number of amides is 1. The summed E-state index contributed by atoms with van der Waals surface area (Å²) in [5.74, 6) is 0.812. The van der Waals surface area contributed by atoms with Gasteiger partial charge in [0, 0.05) is 45.8 Å². The number of unbranched alkanes of at least 4 members (excludes halogenated alkanes) is 1. The Kier molecular flexibility index (Phi) is 12.8. The summed E-state index contributed by atoms with van der Waals surface area (Å²) in [6, 6.07) is 0.236. The normalized spacial score (nSPS) is 12.9. The van der Waals surface area contributed by atoms with Crippen LogP contribution in [0.2, 0.25) is 0 Å². The molecular formula is C15H32N4O2. The summed E-state index contributed by atoms with van der Waals surface area (Å²) in [5.41, 5.74) is 0. The van der Waals surface area contributed by atoms with Crippen LogP contribution in [0, 0.1) is 0 Å². The average molecular weight is 300 g/mol. The fourth-order valence-corrected chi connectivity index (χ4v) is 1.64. The van der Waals surface area contributed by atoms with Crippen molar-refractivity contribution < 1.29 is 9.53 Å². The van der Waals surface area contributed by atoms with E-state index in [1.807, 2.05) is 13.8 Å². The number of carbonyl (C=O) groups is 1. The largest absolute Gasteiger partial charge is 0.382 e. The van der Waals surface area contributed by atoms with Gasteiger partial charge in [-0.15, -0.1) is 0 Å². The predicted molar refractivity (Wildman–Crippen MR) is 87.6 cm³/mol. The van der Waals surface area contributed by atoms with Crippen LogP contribution in [0.25, 0.3) is 0 Å². The van der Waals surface area contributed by atoms with Crippen molar-refractivity contribution in [2.45, 2.75) is 52.5 Å². The molecule has 0 aliphatic carbocycles. The molecule has 0 aliphatic rings. The molecule has 1 atom stereocenters. The van der Waals surface area contributed by atoms with E-state index in [-0.39, 0.29) is 11.9 Å². The van der Waals surface area contributed by atoms with E-state index in [9.17, 15) is 4.79 Å². The lowest BCUT2D eigenvalue weighted by atomic mass is 10.2. The van der Waals surface area contributed by atoms with E-state index in [1.165, 1.54) is 0 Å². The number of hydrogen-bond acceptors (Lipinski definition) is 3. The van der Waals surface area contributed by atoms with Crippen LogP contribution in [-0.2, 0) is 9.53 Å². The number of hydrogen-bond donors (Lipinski definition) is 3. The molecule has 0 aromatic heterocycles. The zero-order valence-corrected chi connectivity index (χ0v) is 14.0. The molecule has 6 heteroatoms. The lowest BCUT2D eigenvalue weighted by Crippen LogP contribution is -2.40. The maximum absolute atomic E-state index is 11.6. The van der Waals surface area contributed by atoms with E-state index in [1.54, 1.807) is 7.05 Å². The predicted octanol–water partition coefficient (Wildman–Crippen LogP) is 1.27. The standard InChI is InChI=1S/C15H32N4O2/c1-5-13(3)19-14(20)9-11-18-15(16-4)17-10-7-8-12-21-6-2/h13H,5-12H2,1-4H3,(H,19,20)(H2,16,17,18). The molecule has 0 heterocycles. The van der Waals surface area contributed by atoms with Crippen LogP contribution in [-0.4, -0.2) is 51.3 Å². The molecule has 1 amide bonds. The lowest BCUT2D eigenvalue weighted by Gasteiger charge is -2.13. The Morgan fingerprint density at radius 1 is 1.19 bits per heavy atom. The lowest BCUT2D eigenvalue weighted by molar-refractivity contribution is -0.121. The average Bonchev–Trinajstić information content (AvgIpc) is 2.48. The minimum absolute atomic E-state index is 0.0732. The molecule has 0 bridgehead atoms. The van der Waals surface area contributed by atoms with Gasteiger partial charge in [0.1, 0.15) is 0 Å². The molecule has 6 nitrogen and oxygen atoms in total. The highest BCUT2D eigenvalue weighted by Gasteiger charge is 2.05. The smallest absolute Gasteiger partial charge is 0.221 e. The van der Waals surface area contributed by atoms with Crippen LogP contribution in [0.15, 0.2) is 4.99 Å². The topological polar surface area (TPSA) is 74.8 Å². The monoisotopic (exact) mass is 300 g/mol. The highest BCUT2D eigenvalue weighted by Crippen LogP contribution is 1.90. The van der Waals surface area contributed by atoms with E-state index >= 15 is 0 Å². The number of rotatable bonds is 11. The highest BCUT2D eigenvalue weighted by molar-refractivity contribution is 5.81. The highest BCUT2D eigenvalue weighted by atomic mass is 16.5. The van der Waals surface area contributed by atoms with Gasteiger partial charge in [-0.1, -0.05) is 6.92 Å². The van der Waals surface area contributed by atoms with Gasteiger partial charge in [0.15, 0.2) is 5.96 Å². The van der Waals surface area contributed by atoms with Crippen LogP contribution >= 0.6 is 0 Å². The number of aliphatic imine (C=N–C) groups is 1. The second-order valence-electron chi connectivity index (χ2n) is 4.96. The molecule has 0 spiro atoms. The Balaban J connectivity index is 3.64. The van der Waals surface area contributed by atoms with Gasteiger partial charge in [0.05, 0.1) is 0 Å². The Morgan fingerprint density at radius 3 is 2.52 bits per heavy atom. The molecule has 0 rings (SSSR count). The van der Waals surface area contributed by atoms with Gasteiger partial charge in [-0.25, -0.2) is 0 Å². The van der Waals surface area contributed by atoms with Crippen LogP contribution < -0.4 is 16.0 Å². The van der Waals surface area contributed by atoms with Gasteiger partial charge >= 0.3 is 0 Å². The number of nitrogens with one attached hydrogen (secondary N) is 3. The van der Waals surface area contributed by atoms with Gasteiger partial charge < -0.3 is 20.7 Å². The Morgan fingerprint density at radius 2 is 1.90 bits per heavy atom. The summed E-state index contributed by atoms with van der Waals surface area (Å²) in [4.78, 5) is 15.7. The second kappa shape index (κ2) is 13.7. The molecule has 0 fully saturated rings. The number of ether oxygens (including phenoxy) is 1. The molecule has 1 unspecified atom stereocenters. The Labute approximate surface area is 129 Å². The Bertz CT molecular complexity index is 295. The summed E-state index contributed by atoms with van der Waals surface area (Å²) in [6.07, 6.45) is 3.48. The molecule has 0 aliphatic heterocycles. The molecule has 0 saturated carbocycles. The Hall–Kier alpha value is -1.30. The minimum atomic E-state index is 0.0732. The first-order valence-electron chi connectivity index (χ1n) is 7.95. The van der Waals surface area contributed by atoms with E-state index in [4.69, 9.17) is 4.74 Å². The van der Waals surface area contributed by atoms with Crippen LogP contribution in [0.5, 0.6) is 0 Å². The zero-order valence-electron chi connectivity index (χ0n) is 14.0. The second-order valence-corrected chi connectivity index (χ2v) is 4.96. The van der Waals surface area contributed by atoms with E-state index in [0.717, 1.165) is 45.0 Å². The van der Waals surface area contributed by atoms with Crippen molar-refractivity contribution in [3.63, 3.8) is 0 Å². The molecule has 124 valence electrons. The molecule has 3 N–H and O–H groups in total. The number of nitrogens with zero attached hydrogens (tertiary/aromatic N) is 1. The SMILES string of the molecule is CCOCCCCNC(=NC)NCCC(=O)NC(C)CC. The van der Waals surface area contributed by atoms with Gasteiger partial charge in [-0.05, 0) is 33.1 Å². The van der Waals surface area contributed by atoms with Crippen LogP contribution in [0.4, 0.5) is 0 Å². The third-order valence-corrected chi connectivity index (χ3v) is 3.10. The van der Waals surface area contributed by atoms with Crippen molar-refractivity contribution in [2.75, 3.05) is 33.4 Å². The molecule has 0 aromatic rings. The van der Waals surface area contributed by atoms with E-state index in [2.05, 4.69) is 27.9 Å². The number of guanidine groups is 1.